The Morgan fingerprint density at radius 2 is 2.04 bits per heavy atom. The third-order valence-corrected chi connectivity index (χ3v) is 4.01. The number of nitro groups is 1. The molecule has 0 saturated heterocycles. The lowest BCUT2D eigenvalue weighted by Gasteiger charge is -2.11. The zero-order valence-electron chi connectivity index (χ0n) is 12.6. The predicted molar refractivity (Wildman–Crippen MR) is 87.9 cm³/mol. The Kier molecular flexibility index (Phi) is 7.85. The van der Waals surface area contributed by atoms with Gasteiger partial charge in [-0.25, -0.2) is 0 Å². The molecule has 0 aliphatic rings. The van der Waals surface area contributed by atoms with E-state index in [1.165, 1.54) is 6.08 Å². The molecule has 6 nitrogen and oxygen atoms in total. The van der Waals surface area contributed by atoms with Crippen molar-refractivity contribution in [2.75, 3.05) is 6.61 Å². The number of carbonyl (C=O) groups is 1. The van der Waals surface area contributed by atoms with Gasteiger partial charge in [0.1, 0.15) is 10.8 Å². The minimum absolute atomic E-state index is 0.0327. The Morgan fingerprint density at radius 1 is 1.35 bits per heavy atom. The Balaban J connectivity index is 2.70. The first-order chi connectivity index (χ1) is 10.9. The number of halogens is 2. The van der Waals surface area contributed by atoms with Gasteiger partial charge in [0.15, 0.2) is 0 Å². The van der Waals surface area contributed by atoms with Gasteiger partial charge >= 0.3 is 5.97 Å². The number of benzene rings is 1. The molecule has 1 N–H and O–H groups in total. The van der Waals surface area contributed by atoms with E-state index < -0.39 is 10.9 Å². The van der Waals surface area contributed by atoms with Crippen LogP contribution in [0.2, 0.25) is 10.0 Å². The molecule has 1 aromatic carbocycles. The van der Waals surface area contributed by atoms with Crippen LogP contribution in [0.1, 0.15) is 31.7 Å². The average molecular weight is 362 g/mol. The van der Waals surface area contributed by atoms with E-state index in [0.717, 1.165) is 0 Å². The van der Waals surface area contributed by atoms with E-state index in [2.05, 4.69) is 0 Å². The first-order valence-electron chi connectivity index (χ1n) is 6.97. The summed E-state index contributed by atoms with van der Waals surface area (Å²) in [5.74, 6) is -0.472. The van der Waals surface area contributed by atoms with Gasteiger partial charge in [0.2, 0.25) is 5.70 Å². The molecule has 0 radical (unpaired) electrons. The van der Waals surface area contributed by atoms with Gasteiger partial charge < -0.3 is 9.84 Å². The number of nitrogens with zero attached hydrogens (tertiary/aromatic N) is 1. The largest absolute Gasteiger partial charge is 0.492 e. The lowest BCUT2D eigenvalue weighted by Crippen LogP contribution is -2.04. The van der Waals surface area contributed by atoms with Crippen molar-refractivity contribution in [3.05, 3.63) is 49.6 Å². The first kappa shape index (κ1) is 19.3. The molecule has 0 aliphatic heterocycles. The monoisotopic (exact) mass is 361 g/mol. The third-order valence-electron chi connectivity index (χ3n) is 3.11. The maximum Gasteiger partial charge on any atom is 0.303 e. The van der Waals surface area contributed by atoms with Gasteiger partial charge in [-0.1, -0.05) is 29.3 Å². The molecule has 1 aromatic rings. The van der Waals surface area contributed by atoms with Crippen LogP contribution in [0.15, 0.2) is 23.9 Å². The van der Waals surface area contributed by atoms with Gasteiger partial charge in [0, 0.05) is 6.42 Å². The van der Waals surface area contributed by atoms with Crippen LogP contribution in [0.5, 0.6) is 5.75 Å². The molecule has 0 amide bonds. The van der Waals surface area contributed by atoms with E-state index in [-0.39, 0.29) is 28.6 Å². The topological polar surface area (TPSA) is 89.7 Å². The quantitative estimate of drug-likeness (QED) is 0.401. The Hall–Kier alpha value is -1.79. The number of hydrogen-bond acceptors (Lipinski definition) is 4. The van der Waals surface area contributed by atoms with E-state index in [9.17, 15) is 14.9 Å². The highest BCUT2D eigenvalue weighted by Gasteiger charge is 2.16. The molecule has 0 saturated carbocycles. The second-order valence-electron chi connectivity index (χ2n) is 4.76. The lowest BCUT2D eigenvalue weighted by atomic mass is 10.1. The molecule has 0 spiro atoms. The van der Waals surface area contributed by atoms with Crippen LogP contribution in [-0.4, -0.2) is 22.6 Å². The van der Waals surface area contributed by atoms with Gasteiger partial charge in [-0.3, -0.25) is 14.9 Å². The van der Waals surface area contributed by atoms with Crippen molar-refractivity contribution in [3.8, 4) is 5.75 Å². The molecule has 0 bridgehead atoms. The second-order valence-corrected chi connectivity index (χ2v) is 5.52. The second kappa shape index (κ2) is 9.37. The number of ether oxygens (including phenoxy) is 1. The van der Waals surface area contributed by atoms with Crippen LogP contribution in [0, 0.1) is 10.1 Å². The molecule has 1 rings (SSSR count). The molecule has 0 aromatic heterocycles. The first-order valence-corrected chi connectivity index (χ1v) is 7.73. The molecule has 8 heteroatoms. The summed E-state index contributed by atoms with van der Waals surface area (Å²) in [4.78, 5) is 20.8. The number of aliphatic carboxylic acids is 1. The maximum atomic E-state index is 10.8. The number of rotatable bonds is 9. The highest BCUT2D eigenvalue weighted by atomic mass is 35.5. The molecule has 0 atom stereocenters. The van der Waals surface area contributed by atoms with Crippen LogP contribution in [0.4, 0.5) is 0 Å². The summed E-state index contributed by atoms with van der Waals surface area (Å²) in [5, 5.41) is 19.8. The highest BCUT2D eigenvalue weighted by Crippen LogP contribution is 2.35. The summed E-state index contributed by atoms with van der Waals surface area (Å²) in [5.41, 5.74) is 0.574. The molecule has 0 aliphatic carbocycles. The number of hydrogen-bond donors (Lipinski definition) is 1. The standard InChI is InChI=1S/C15H17Cl2NO5/c1-2-11(18(21)22)9-10-6-7-12(15(17)14(10)16)23-8-4-3-5-13(19)20/h2,6-7H,3-5,8-9H2,1H3,(H,19,20)/b11-2-. The summed E-state index contributed by atoms with van der Waals surface area (Å²) >= 11 is 12.3. The zero-order valence-corrected chi connectivity index (χ0v) is 14.1. The van der Waals surface area contributed by atoms with Crippen molar-refractivity contribution in [2.45, 2.75) is 32.6 Å². The number of allylic oxidation sites excluding steroid dienone is 2. The number of carboxylic acid groups (broad SMARTS) is 1. The number of unbranched alkanes of at least 4 members (excludes halogenated alkanes) is 1. The normalized spacial score (nSPS) is 11.3. The van der Waals surface area contributed by atoms with Crippen LogP contribution in [-0.2, 0) is 11.2 Å². The Morgan fingerprint density at radius 3 is 2.61 bits per heavy atom. The average Bonchev–Trinajstić information content (AvgIpc) is 2.49. The van der Waals surface area contributed by atoms with E-state index in [0.29, 0.717) is 30.8 Å². The van der Waals surface area contributed by atoms with Crippen molar-refractivity contribution in [3.63, 3.8) is 0 Å². The van der Waals surface area contributed by atoms with Gasteiger partial charge in [-0.05, 0) is 37.5 Å². The van der Waals surface area contributed by atoms with Crippen LogP contribution in [0.25, 0.3) is 0 Å². The van der Waals surface area contributed by atoms with Gasteiger partial charge in [-0.2, -0.15) is 0 Å². The Bertz CT molecular complexity index is 616. The van der Waals surface area contributed by atoms with Gasteiger partial charge in [0.25, 0.3) is 0 Å². The summed E-state index contributed by atoms with van der Waals surface area (Å²) in [6.45, 7) is 1.90. The summed E-state index contributed by atoms with van der Waals surface area (Å²) in [7, 11) is 0. The summed E-state index contributed by atoms with van der Waals surface area (Å²) < 4.78 is 5.48. The molecule has 0 fully saturated rings. The molecule has 126 valence electrons. The molecule has 23 heavy (non-hydrogen) atoms. The zero-order chi connectivity index (χ0) is 17.4. The van der Waals surface area contributed by atoms with E-state index in [1.54, 1.807) is 19.1 Å². The molecular formula is C15H17Cl2NO5. The van der Waals surface area contributed by atoms with Crippen molar-refractivity contribution in [1.29, 1.82) is 0 Å². The van der Waals surface area contributed by atoms with Gasteiger partial charge in [0.05, 0.1) is 23.0 Å². The van der Waals surface area contributed by atoms with Crippen molar-refractivity contribution in [2.24, 2.45) is 0 Å². The van der Waals surface area contributed by atoms with Crippen molar-refractivity contribution in [1.82, 2.24) is 0 Å². The minimum atomic E-state index is -0.846. The van der Waals surface area contributed by atoms with Crippen LogP contribution < -0.4 is 4.74 Å². The predicted octanol–water partition coefficient (Wildman–Crippen LogP) is 4.35. The van der Waals surface area contributed by atoms with Crippen molar-refractivity contribution >= 4 is 29.2 Å². The van der Waals surface area contributed by atoms with Crippen molar-refractivity contribution < 1.29 is 19.6 Å². The fourth-order valence-electron chi connectivity index (χ4n) is 1.85. The highest BCUT2D eigenvalue weighted by molar-refractivity contribution is 6.43. The van der Waals surface area contributed by atoms with E-state index >= 15 is 0 Å². The van der Waals surface area contributed by atoms with E-state index in [4.69, 9.17) is 33.0 Å². The summed E-state index contributed by atoms with van der Waals surface area (Å²) in [6.07, 6.45) is 2.65. The minimum Gasteiger partial charge on any atom is -0.492 e. The smallest absolute Gasteiger partial charge is 0.303 e. The SMILES string of the molecule is C/C=C(/Cc1ccc(OCCCCC(=O)O)c(Cl)c1Cl)[N+](=O)[O-]. The van der Waals surface area contributed by atoms with Gasteiger partial charge in [-0.15, -0.1) is 0 Å². The third kappa shape index (κ3) is 6.08. The fraction of sp³-hybridized carbons (Fsp3) is 0.400. The molecule has 0 unspecified atom stereocenters. The van der Waals surface area contributed by atoms with Crippen LogP contribution in [0.3, 0.4) is 0 Å². The molecular weight excluding hydrogens is 345 g/mol. The maximum absolute atomic E-state index is 10.8. The number of carboxylic acids is 1. The molecule has 0 heterocycles. The van der Waals surface area contributed by atoms with E-state index in [1.807, 2.05) is 0 Å². The fourth-order valence-corrected chi connectivity index (χ4v) is 2.31. The Labute approximate surface area is 143 Å². The van der Waals surface area contributed by atoms with Crippen LogP contribution >= 0.6 is 23.2 Å². The summed E-state index contributed by atoms with van der Waals surface area (Å²) in [6, 6.07) is 3.24. The lowest BCUT2D eigenvalue weighted by molar-refractivity contribution is -0.427.